The topological polar surface area (TPSA) is 62.5 Å². The zero-order valence-electron chi connectivity index (χ0n) is 13.9. The van der Waals surface area contributed by atoms with Crippen LogP contribution in [0.4, 0.5) is 5.69 Å². The van der Waals surface area contributed by atoms with E-state index in [9.17, 15) is 4.79 Å². The van der Waals surface area contributed by atoms with Crippen LogP contribution in [0.5, 0.6) is 0 Å². The molecule has 1 saturated heterocycles. The molecule has 2 aliphatic rings. The number of carbonyl (C=O) groups is 1. The quantitative estimate of drug-likeness (QED) is 0.865. The number of likely N-dealkylation sites (tertiary alicyclic amines) is 1. The third kappa shape index (κ3) is 2.94. The lowest BCUT2D eigenvalue weighted by Crippen LogP contribution is -2.42. The van der Waals surface area contributed by atoms with E-state index in [0.29, 0.717) is 18.3 Å². The van der Waals surface area contributed by atoms with Crippen molar-refractivity contribution >= 4 is 11.6 Å². The van der Waals surface area contributed by atoms with Crippen LogP contribution in [-0.4, -0.2) is 40.6 Å². The van der Waals surface area contributed by atoms with Crippen LogP contribution in [0.15, 0.2) is 28.8 Å². The summed E-state index contributed by atoms with van der Waals surface area (Å²) < 4.78 is 5.18. The number of benzene rings is 1. The fourth-order valence-corrected chi connectivity index (χ4v) is 3.72. The van der Waals surface area contributed by atoms with E-state index >= 15 is 0 Å². The Balaban J connectivity index is 1.35. The molecule has 2 aliphatic heterocycles. The monoisotopic (exact) mass is 326 g/mol. The molecule has 3 heterocycles. The van der Waals surface area contributed by atoms with Gasteiger partial charge in [0.25, 0.3) is 0 Å². The van der Waals surface area contributed by atoms with Gasteiger partial charge in [-0.25, -0.2) is 0 Å². The smallest absolute Gasteiger partial charge is 0.240 e. The van der Waals surface area contributed by atoms with E-state index in [2.05, 4.69) is 27.2 Å². The average molecular weight is 326 g/mol. The molecule has 126 valence electrons. The first-order valence-electron chi connectivity index (χ1n) is 8.61. The number of para-hydroxylation sites is 1. The highest BCUT2D eigenvalue weighted by Gasteiger charge is 2.32. The number of fused-ring (bicyclic) bond motifs is 1. The Morgan fingerprint density at radius 1 is 1.25 bits per heavy atom. The summed E-state index contributed by atoms with van der Waals surface area (Å²) in [7, 11) is 0. The number of rotatable bonds is 3. The molecule has 24 heavy (non-hydrogen) atoms. The van der Waals surface area contributed by atoms with Gasteiger partial charge in [-0.05, 0) is 50.9 Å². The molecule has 2 aromatic rings. The van der Waals surface area contributed by atoms with Gasteiger partial charge in [-0.3, -0.25) is 9.69 Å². The summed E-state index contributed by atoms with van der Waals surface area (Å²) >= 11 is 0. The molecular formula is C18H22N4O2. The zero-order chi connectivity index (χ0) is 16.5. The minimum atomic E-state index is 0.122. The van der Waals surface area contributed by atoms with Crippen molar-refractivity contribution in [3.8, 4) is 0 Å². The van der Waals surface area contributed by atoms with Gasteiger partial charge in [0.15, 0.2) is 5.82 Å². The summed E-state index contributed by atoms with van der Waals surface area (Å²) in [5, 5.41) is 3.83. The van der Waals surface area contributed by atoms with Crippen molar-refractivity contribution in [1.29, 1.82) is 0 Å². The Morgan fingerprint density at radius 3 is 2.79 bits per heavy atom. The molecule has 1 fully saturated rings. The predicted molar refractivity (Wildman–Crippen MR) is 89.5 cm³/mol. The highest BCUT2D eigenvalue weighted by atomic mass is 16.5. The maximum Gasteiger partial charge on any atom is 0.240 e. The van der Waals surface area contributed by atoms with Gasteiger partial charge in [-0.1, -0.05) is 23.4 Å². The van der Waals surface area contributed by atoms with E-state index in [-0.39, 0.29) is 11.8 Å². The second-order valence-electron chi connectivity index (χ2n) is 6.65. The van der Waals surface area contributed by atoms with Crippen molar-refractivity contribution in [1.82, 2.24) is 15.0 Å². The number of hydrogen-bond donors (Lipinski definition) is 0. The average Bonchev–Trinajstić information content (AvgIpc) is 3.21. The molecule has 4 rings (SSSR count). The van der Waals surface area contributed by atoms with Gasteiger partial charge in [0.2, 0.25) is 11.8 Å². The largest absolute Gasteiger partial charge is 0.338 e. The van der Waals surface area contributed by atoms with E-state index in [1.54, 1.807) is 0 Å². The molecule has 1 aromatic carbocycles. The first-order valence-corrected chi connectivity index (χ1v) is 8.61. The molecule has 0 radical (unpaired) electrons. The number of nitrogens with zero attached hydrogens (tertiary/aromatic N) is 4. The van der Waals surface area contributed by atoms with Crippen LogP contribution >= 0.6 is 0 Å². The summed E-state index contributed by atoms with van der Waals surface area (Å²) in [5.74, 6) is 1.73. The second-order valence-corrected chi connectivity index (χ2v) is 6.65. The Labute approximate surface area is 141 Å². The van der Waals surface area contributed by atoms with Gasteiger partial charge in [-0.2, -0.15) is 4.98 Å². The molecule has 0 N–H and O–H groups in total. The molecule has 0 saturated carbocycles. The van der Waals surface area contributed by atoms with Gasteiger partial charge < -0.3 is 9.42 Å². The Hall–Kier alpha value is -2.21. The van der Waals surface area contributed by atoms with Crippen molar-refractivity contribution in [2.45, 2.75) is 32.7 Å². The maximum atomic E-state index is 12.9. The van der Waals surface area contributed by atoms with Crippen molar-refractivity contribution in [2.75, 3.05) is 24.5 Å². The predicted octanol–water partition coefficient (Wildman–Crippen LogP) is 2.18. The highest BCUT2D eigenvalue weighted by Crippen LogP contribution is 2.31. The maximum absolute atomic E-state index is 12.9. The fraction of sp³-hybridized carbons (Fsp3) is 0.500. The molecule has 1 aromatic heterocycles. The van der Waals surface area contributed by atoms with Gasteiger partial charge in [-0.15, -0.1) is 0 Å². The molecule has 6 heteroatoms. The number of aryl methyl sites for hydroxylation is 1. The van der Waals surface area contributed by atoms with Crippen molar-refractivity contribution in [3.05, 3.63) is 41.5 Å². The highest BCUT2D eigenvalue weighted by molar-refractivity contribution is 5.97. The normalized spacial score (nSPS) is 18.8. The van der Waals surface area contributed by atoms with E-state index in [1.807, 2.05) is 24.0 Å². The summed E-state index contributed by atoms with van der Waals surface area (Å²) in [5.41, 5.74) is 2.39. The number of piperidine rings is 1. The van der Waals surface area contributed by atoms with Crippen LogP contribution in [-0.2, 0) is 17.8 Å². The number of anilines is 1. The first kappa shape index (κ1) is 15.3. The van der Waals surface area contributed by atoms with E-state index in [1.165, 1.54) is 5.56 Å². The summed E-state index contributed by atoms with van der Waals surface area (Å²) in [6, 6.07) is 8.24. The summed E-state index contributed by atoms with van der Waals surface area (Å²) in [6.07, 6.45) is 2.76. The number of amides is 1. The molecule has 0 spiro atoms. The molecule has 6 nitrogen and oxygen atoms in total. The number of hydrogen-bond acceptors (Lipinski definition) is 5. The van der Waals surface area contributed by atoms with Gasteiger partial charge in [0, 0.05) is 18.2 Å². The van der Waals surface area contributed by atoms with Crippen LogP contribution < -0.4 is 4.90 Å². The van der Waals surface area contributed by atoms with Gasteiger partial charge in [0.1, 0.15) is 0 Å². The number of aromatic nitrogens is 2. The standard InChI is InChI=1S/C18H22N4O2/c1-13-19-17(24-20-13)12-21-9-6-15(7-10-21)18(23)22-11-8-14-4-2-3-5-16(14)22/h2-5,15H,6-12H2,1H3. The van der Waals surface area contributed by atoms with Crippen LogP contribution in [0.25, 0.3) is 0 Å². The zero-order valence-corrected chi connectivity index (χ0v) is 13.9. The number of carbonyl (C=O) groups excluding carboxylic acids is 1. The van der Waals surface area contributed by atoms with Crippen LogP contribution in [0, 0.1) is 12.8 Å². The van der Waals surface area contributed by atoms with Gasteiger partial charge >= 0.3 is 0 Å². The molecule has 0 bridgehead atoms. The van der Waals surface area contributed by atoms with Crippen LogP contribution in [0.3, 0.4) is 0 Å². The fourth-order valence-electron chi connectivity index (χ4n) is 3.72. The SMILES string of the molecule is Cc1noc(CN2CCC(C(=O)N3CCc4ccccc43)CC2)n1. The Morgan fingerprint density at radius 2 is 2.04 bits per heavy atom. The van der Waals surface area contributed by atoms with Gasteiger partial charge in [0.05, 0.1) is 6.54 Å². The minimum absolute atomic E-state index is 0.122. The third-order valence-corrected chi connectivity index (χ3v) is 5.02. The van der Waals surface area contributed by atoms with Crippen LogP contribution in [0.2, 0.25) is 0 Å². The van der Waals surface area contributed by atoms with Crippen molar-refractivity contribution < 1.29 is 9.32 Å². The molecule has 0 aliphatic carbocycles. The molecule has 0 unspecified atom stereocenters. The Kier molecular flexibility index (Phi) is 4.06. The van der Waals surface area contributed by atoms with Crippen molar-refractivity contribution in [2.24, 2.45) is 5.92 Å². The van der Waals surface area contributed by atoms with E-state index in [0.717, 1.165) is 44.6 Å². The third-order valence-electron chi connectivity index (χ3n) is 5.02. The lowest BCUT2D eigenvalue weighted by atomic mass is 9.95. The Bertz CT molecular complexity index is 734. The first-order chi connectivity index (χ1) is 11.7. The van der Waals surface area contributed by atoms with Crippen LogP contribution in [0.1, 0.15) is 30.1 Å². The summed E-state index contributed by atoms with van der Waals surface area (Å²) in [6.45, 7) is 5.11. The molecule has 1 amide bonds. The minimum Gasteiger partial charge on any atom is -0.338 e. The second kappa shape index (κ2) is 6.36. The summed E-state index contributed by atoms with van der Waals surface area (Å²) in [4.78, 5) is 21.4. The van der Waals surface area contributed by atoms with E-state index < -0.39 is 0 Å². The lowest BCUT2D eigenvalue weighted by molar-refractivity contribution is -0.123. The van der Waals surface area contributed by atoms with Crippen molar-refractivity contribution in [3.63, 3.8) is 0 Å². The molecular weight excluding hydrogens is 304 g/mol. The molecule has 0 atom stereocenters. The van der Waals surface area contributed by atoms with E-state index in [4.69, 9.17) is 4.52 Å². The lowest BCUT2D eigenvalue weighted by Gasteiger charge is -2.32.